The molecule has 0 N–H and O–H groups in total. The van der Waals surface area contributed by atoms with E-state index in [1.165, 1.54) is 0 Å². The summed E-state index contributed by atoms with van der Waals surface area (Å²) < 4.78 is 5.40. The highest BCUT2D eigenvalue weighted by Crippen LogP contribution is 2.26. The molecule has 0 amide bonds. The summed E-state index contributed by atoms with van der Waals surface area (Å²) in [6.07, 6.45) is 2.75. The summed E-state index contributed by atoms with van der Waals surface area (Å²) in [6, 6.07) is 0. The van der Waals surface area contributed by atoms with E-state index in [0.29, 0.717) is 12.2 Å². The van der Waals surface area contributed by atoms with Gasteiger partial charge in [0.1, 0.15) is 5.78 Å². The number of carbonyl (C=O) groups excluding carboxylic acids is 1. The van der Waals surface area contributed by atoms with Crippen LogP contribution < -0.4 is 0 Å². The summed E-state index contributed by atoms with van der Waals surface area (Å²) in [7, 11) is 0. The Bertz CT molecular complexity index is 203. The van der Waals surface area contributed by atoms with E-state index in [1.54, 1.807) is 0 Å². The Morgan fingerprint density at radius 2 is 2.07 bits per heavy atom. The van der Waals surface area contributed by atoms with Crippen molar-refractivity contribution in [3.05, 3.63) is 0 Å². The van der Waals surface area contributed by atoms with Crippen LogP contribution >= 0.6 is 0 Å². The van der Waals surface area contributed by atoms with E-state index in [0.717, 1.165) is 19.4 Å². The van der Waals surface area contributed by atoms with Crippen LogP contribution in [0.3, 0.4) is 0 Å². The molecule has 1 heterocycles. The third kappa shape index (κ3) is 3.41. The lowest BCUT2D eigenvalue weighted by Crippen LogP contribution is -2.22. The number of rotatable bonds is 3. The smallest absolute Gasteiger partial charge is 0.138 e. The summed E-state index contributed by atoms with van der Waals surface area (Å²) in [5, 5.41) is 0. The van der Waals surface area contributed by atoms with Crippen molar-refractivity contribution in [3.8, 4) is 0 Å². The van der Waals surface area contributed by atoms with Crippen molar-refractivity contribution in [1.29, 1.82) is 0 Å². The van der Waals surface area contributed by atoms with Crippen LogP contribution in [-0.2, 0) is 9.53 Å². The average molecular weight is 198 g/mol. The first kappa shape index (κ1) is 11.7. The number of Topliss-reactive ketones (excluding diaryl/α,β-unsaturated/α-hetero) is 1. The van der Waals surface area contributed by atoms with Crippen LogP contribution in [0.15, 0.2) is 0 Å². The van der Waals surface area contributed by atoms with Crippen LogP contribution in [0, 0.1) is 11.3 Å². The van der Waals surface area contributed by atoms with Crippen molar-refractivity contribution >= 4 is 5.78 Å². The molecule has 2 nitrogen and oxygen atoms in total. The van der Waals surface area contributed by atoms with Crippen LogP contribution in [0.2, 0.25) is 0 Å². The molecule has 0 aromatic carbocycles. The van der Waals surface area contributed by atoms with Crippen molar-refractivity contribution in [2.45, 2.75) is 53.1 Å². The molecule has 1 aliphatic heterocycles. The van der Waals surface area contributed by atoms with Gasteiger partial charge in [0.2, 0.25) is 0 Å². The second-order valence-corrected chi connectivity index (χ2v) is 5.50. The Labute approximate surface area is 87.0 Å². The first-order chi connectivity index (χ1) is 6.40. The van der Waals surface area contributed by atoms with E-state index in [-0.39, 0.29) is 17.4 Å². The van der Waals surface area contributed by atoms with E-state index in [9.17, 15) is 4.79 Å². The van der Waals surface area contributed by atoms with E-state index < -0.39 is 0 Å². The zero-order valence-corrected chi connectivity index (χ0v) is 9.80. The van der Waals surface area contributed by atoms with Crippen molar-refractivity contribution in [3.63, 3.8) is 0 Å². The Balaban J connectivity index is 2.35. The Kier molecular flexibility index (Phi) is 3.71. The van der Waals surface area contributed by atoms with Crippen LogP contribution in [0.25, 0.3) is 0 Å². The van der Waals surface area contributed by atoms with Crippen LogP contribution in [0.1, 0.15) is 47.0 Å². The number of carbonyl (C=O) groups is 1. The maximum absolute atomic E-state index is 11.8. The number of ether oxygens (including phenoxy) is 1. The van der Waals surface area contributed by atoms with E-state index >= 15 is 0 Å². The summed E-state index contributed by atoms with van der Waals surface area (Å²) in [4.78, 5) is 11.8. The summed E-state index contributed by atoms with van der Waals surface area (Å²) in [5.41, 5.74) is 0.262. The first-order valence-corrected chi connectivity index (χ1v) is 5.54. The van der Waals surface area contributed by atoms with Crippen molar-refractivity contribution in [2.24, 2.45) is 11.3 Å². The zero-order valence-electron chi connectivity index (χ0n) is 9.80. The molecule has 1 rings (SSSR count). The highest BCUT2D eigenvalue weighted by atomic mass is 16.5. The van der Waals surface area contributed by atoms with Crippen molar-refractivity contribution in [2.75, 3.05) is 6.61 Å². The third-order valence-electron chi connectivity index (χ3n) is 2.91. The normalized spacial score (nSPS) is 28.0. The molecule has 82 valence electrons. The molecular weight excluding hydrogens is 176 g/mol. The molecule has 0 bridgehead atoms. The molecule has 0 radical (unpaired) electrons. The summed E-state index contributed by atoms with van der Waals surface area (Å²) in [5.74, 6) is 0.558. The number of hydrogen-bond acceptors (Lipinski definition) is 2. The molecule has 2 unspecified atom stereocenters. The Morgan fingerprint density at radius 3 is 2.50 bits per heavy atom. The van der Waals surface area contributed by atoms with Crippen molar-refractivity contribution < 1.29 is 9.53 Å². The largest absolute Gasteiger partial charge is 0.378 e. The number of ketones is 1. The van der Waals surface area contributed by atoms with Gasteiger partial charge in [-0.3, -0.25) is 4.79 Å². The lowest BCUT2D eigenvalue weighted by molar-refractivity contribution is -0.124. The third-order valence-corrected chi connectivity index (χ3v) is 2.91. The maximum Gasteiger partial charge on any atom is 0.138 e. The second kappa shape index (κ2) is 4.43. The molecule has 14 heavy (non-hydrogen) atoms. The quantitative estimate of drug-likeness (QED) is 0.697. The van der Waals surface area contributed by atoms with Gasteiger partial charge in [-0.1, -0.05) is 20.8 Å². The zero-order chi connectivity index (χ0) is 10.8. The van der Waals surface area contributed by atoms with Crippen LogP contribution in [0.4, 0.5) is 0 Å². The summed E-state index contributed by atoms with van der Waals surface area (Å²) >= 11 is 0. The Hall–Kier alpha value is -0.370. The lowest BCUT2D eigenvalue weighted by Gasteiger charge is -2.19. The van der Waals surface area contributed by atoms with Crippen LogP contribution in [0.5, 0.6) is 0 Å². The predicted molar refractivity (Wildman–Crippen MR) is 57.2 cm³/mol. The predicted octanol–water partition coefficient (Wildman–Crippen LogP) is 2.81. The SMILES string of the molecule is CC1OCCC1C(=O)CCC(C)(C)C. The first-order valence-electron chi connectivity index (χ1n) is 5.54. The van der Waals surface area contributed by atoms with Gasteiger partial charge in [-0.2, -0.15) is 0 Å². The minimum Gasteiger partial charge on any atom is -0.378 e. The van der Waals surface area contributed by atoms with Gasteiger partial charge in [-0.15, -0.1) is 0 Å². The maximum atomic E-state index is 11.8. The second-order valence-electron chi connectivity index (χ2n) is 5.50. The standard InChI is InChI=1S/C12H22O2/c1-9-10(6-8-14-9)11(13)5-7-12(2,3)4/h9-10H,5-8H2,1-4H3. The fourth-order valence-electron chi connectivity index (χ4n) is 1.84. The molecule has 0 aliphatic carbocycles. The van der Waals surface area contributed by atoms with E-state index in [4.69, 9.17) is 4.74 Å². The van der Waals surface area contributed by atoms with Gasteiger partial charge in [-0.05, 0) is 25.2 Å². The lowest BCUT2D eigenvalue weighted by atomic mass is 9.86. The highest BCUT2D eigenvalue weighted by molar-refractivity contribution is 5.81. The molecule has 0 aromatic rings. The van der Waals surface area contributed by atoms with Crippen LogP contribution in [-0.4, -0.2) is 18.5 Å². The van der Waals surface area contributed by atoms with Gasteiger partial charge < -0.3 is 4.74 Å². The van der Waals surface area contributed by atoms with Gasteiger partial charge >= 0.3 is 0 Å². The van der Waals surface area contributed by atoms with Gasteiger partial charge in [-0.25, -0.2) is 0 Å². The molecule has 2 atom stereocenters. The molecule has 1 fully saturated rings. The molecule has 2 heteroatoms. The molecule has 0 spiro atoms. The molecular formula is C12H22O2. The fourth-order valence-corrected chi connectivity index (χ4v) is 1.84. The fraction of sp³-hybridized carbons (Fsp3) is 0.917. The molecule has 0 aromatic heterocycles. The van der Waals surface area contributed by atoms with Gasteiger partial charge in [0.25, 0.3) is 0 Å². The molecule has 0 saturated carbocycles. The van der Waals surface area contributed by atoms with E-state index in [1.807, 2.05) is 6.92 Å². The topological polar surface area (TPSA) is 26.3 Å². The monoisotopic (exact) mass is 198 g/mol. The minimum atomic E-state index is 0.141. The molecule has 1 saturated heterocycles. The minimum absolute atomic E-state index is 0.141. The van der Waals surface area contributed by atoms with Crippen molar-refractivity contribution in [1.82, 2.24) is 0 Å². The summed E-state index contributed by atoms with van der Waals surface area (Å²) in [6.45, 7) is 9.29. The number of hydrogen-bond donors (Lipinski definition) is 0. The van der Waals surface area contributed by atoms with E-state index in [2.05, 4.69) is 20.8 Å². The average Bonchev–Trinajstić information content (AvgIpc) is 2.46. The van der Waals surface area contributed by atoms with Gasteiger partial charge in [0, 0.05) is 18.9 Å². The molecule has 1 aliphatic rings. The Morgan fingerprint density at radius 1 is 1.43 bits per heavy atom. The van der Waals surface area contributed by atoms with Gasteiger partial charge in [0.05, 0.1) is 6.10 Å². The highest BCUT2D eigenvalue weighted by Gasteiger charge is 2.30. The van der Waals surface area contributed by atoms with Gasteiger partial charge in [0.15, 0.2) is 0 Å².